The fourth-order valence-electron chi connectivity index (χ4n) is 3.98. The molecule has 0 aliphatic rings. The van der Waals surface area contributed by atoms with Gasteiger partial charge in [0.05, 0.1) is 10.6 Å². The molecule has 0 radical (unpaired) electrons. The summed E-state index contributed by atoms with van der Waals surface area (Å²) in [5.74, 6) is -0.841. The van der Waals surface area contributed by atoms with Crippen LogP contribution in [-0.4, -0.2) is 43.8 Å². The van der Waals surface area contributed by atoms with Crippen LogP contribution < -0.4 is 9.62 Å². The van der Waals surface area contributed by atoms with Crippen molar-refractivity contribution in [2.24, 2.45) is 0 Å². The number of benzene rings is 3. The van der Waals surface area contributed by atoms with E-state index in [0.29, 0.717) is 16.3 Å². The molecule has 2 amide bonds. The monoisotopic (exact) mass is 555 g/mol. The number of aryl methyl sites for hydroxylation is 1. The Labute approximate surface area is 230 Å². The van der Waals surface area contributed by atoms with Gasteiger partial charge in [0.25, 0.3) is 10.0 Å². The summed E-state index contributed by atoms with van der Waals surface area (Å²) in [6, 6.07) is 19.7. The lowest BCUT2D eigenvalue weighted by molar-refractivity contribution is -0.139. The Morgan fingerprint density at radius 2 is 1.53 bits per heavy atom. The number of sulfonamides is 1. The molecule has 7 nitrogen and oxygen atoms in total. The first kappa shape index (κ1) is 29.2. The van der Waals surface area contributed by atoms with Crippen LogP contribution >= 0.6 is 11.6 Å². The molecule has 1 N–H and O–H groups in total. The van der Waals surface area contributed by atoms with Crippen LogP contribution in [0.4, 0.5) is 5.69 Å². The Kier molecular flexibility index (Phi) is 9.57. The zero-order chi connectivity index (χ0) is 28.0. The second kappa shape index (κ2) is 12.5. The summed E-state index contributed by atoms with van der Waals surface area (Å²) in [5.41, 5.74) is 2.55. The lowest BCUT2D eigenvalue weighted by atomic mass is 10.1. The van der Waals surface area contributed by atoms with Crippen molar-refractivity contribution < 1.29 is 18.0 Å². The number of hydrogen-bond acceptors (Lipinski definition) is 4. The number of rotatable bonds is 10. The molecule has 3 rings (SSSR count). The van der Waals surface area contributed by atoms with Crippen molar-refractivity contribution >= 4 is 39.1 Å². The molecule has 0 fully saturated rings. The highest BCUT2D eigenvalue weighted by molar-refractivity contribution is 7.92. The summed E-state index contributed by atoms with van der Waals surface area (Å²) in [7, 11) is -4.15. The third kappa shape index (κ3) is 6.94. The van der Waals surface area contributed by atoms with E-state index in [9.17, 15) is 18.0 Å². The van der Waals surface area contributed by atoms with Crippen LogP contribution in [0.3, 0.4) is 0 Å². The Hall–Kier alpha value is -3.36. The Morgan fingerprint density at radius 1 is 0.895 bits per heavy atom. The maximum atomic E-state index is 13.9. The van der Waals surface area contributed by atoms with Crippen LogP contribution in [0.2, 0.25) is 5.02 Å². The number of carbonyl (C=O) groups excluding carboxylic acids is 2. The van der Waals surface area contributed by atoms with Crippen LogP contribution in [0.5, 0.6) is 0 Å². The topological polar surface area (TPSA) is 86.8 Å². The highest BCUT2D eigenvalue weighted by atomic mass is 35.5. The van der Waals surface area contributed by atoms with E-state index < -0.39 is 28.5 Å². The maximum Gasteiger partial charge on any atom is 0.264 e. The summed E-state index contributed by atoms with van der Waals surface area (Å²) in [6.45, 7) is 8.52. The molecule has 0 saturated carbocycles. The van der Waals surface area contributed by atoms with Crippen molar-refractivity contribution in [3.63, 3.8) is 0 Å². The molecule has 0 heterocycles. The van der Waals surface area contributed by atoms with Crippen LogP contribution in [0.25, 0.3) is 0 Å². The lowest BCUT2D eigenvalue weighted by Crippen LogP contribution is -2.52. The molecule has 0 aliphatic carbocycles. The molecule has 0 spiro atoms. The minimum atomic E-state index is -4.15. The van der Waals surface area contributed by atoms with Crippen LogP contribution in [0, 0.1) is 13.8 Å². The fourth-order valence-corrected chi connectivity index (χ4v) is 5.63. The summed E-state index contributed by atoms with van der Waals surface area (Å²) < 4.78 is 28.9. The van der Waals surface area contributed by atoms with Gasteiger partial charge in [-0.3, -0.25) is 13.9 Å². The highest BCUT2D eigenvalue weighted by Crippen LogP contribution is 2.31. The molecule has 1 atom stereocenters. The van der Waals surface area contributed by atoms with E-state index >= 15 is 0 Å². The molecule has 0 aliphatic heterocycles. The van der Waals surface area contributed by atoms with Crippen molar-refractivity contribution in [1.82, 2.24) is 10.2 Å². The summed E-state index contributed by atoms with van der Waals surface area (Å²) in [4.78, 5) is 28.3. The van der Waals surface area contributed by atoms with Gasteiger partial charge in [-0.15, -0.1) is 0 Å². The van der Waals surface area contributed by atoms with Gasteiger partial charge in [-0.2, -0.15) is 0 Å². The average Bonchev–Trinajstić information content (AvgIpc) is 2.87. The van der Waals surface area contributed by atoms with Crippen molar-refractivity contribution in [2.45, 2.75) is 58.1 Å². The molecule has 38 heavy (non-hydrogen) atoms. The average molecular weight is 556 g/mol. The minimum absolute atomic E-state index is 0.0514. The van der Waals surface area contributed by atoms with E-state index in [1.54, 1.807) is 44.2 Å². The van der Waals surface area contributed by atoms with Gasteiger partial charge in [0, 0.05) is 17.6 Å². The molecular formula is C29H34ClN3O4S. The number of nitrogens with zero attached hydrogens (tertiary/aromatic N) is 2. The van der Waals surface area contributed by atoms with Gasteiger partial charge in [-0.1, -0.05) is 65.7 Å². The molecule has 0 saturated heterocycles. The fraction of sp³-hybridized carbons (Fsp3) is 0.310. The maximum absolute atomic E-state index is 13.9. The largest absolute Gasteiger partial charge is 0.352 e. The van der Waals surface area contributed by atoms with Gasteiger partial charge < -0.3 is 10.2 Å². The van der Waals surface area contributed by atoms with Crippen molar-refractivity contribution in [3.8, 4) is 0 Å². The van der Waals surface area contributed by atoms with E-state index in [1.165, 1.54) is 17.0 Å². The second-order valence-electron chi connectivity index (χ2n) is 9.56. The Balaban J connectivity index is 2.06. The van der Waals surface area contributed by atoms with Gasteiger partial charge in [-0.25, -0.2) is 8.42 Å². The van der Waals surface area contributed by atoms with Crippen LogP contribution in [-0.2, 0) is 26.2 Å². The van der Waals surface area contributed by atoms with E-state index in [-0.39, 0.29) is 23.4 Å². The van der Waals surface area contributed by atoms with E-state index in [2.05, 4.69) is 5.32 Å². The van der Waals surface area contributed by atoms with Gasteiger partial charge in [0.1, 0.15) is 12.6 Å². The molecule has 3 aromatic carbocycles. The molecule has 202 valence electrons. The quantitative estimate of drug-likeness (QED) is 0.377. The van der Waals surface area contributed by atoms with E-state index in [1.807, 2.05) is 51.1 Å². The van der Waals surface area contributed by atoms with Crippen LogP contribution in [0.15, 0.2) is 77.7 Å². The van der Waals surface area contributed by atoms with Crippen molar-refractivity contribution in [2.75, 3.05) is 10.8 Å². The molecule has 3 aromatic rings. The van der Waals surface area contributed by atoms with Gasteiger partial charge >= 0.3 is 0 Å². The predicted molar refractivity (Wildman–Crippen MR) is 152 cm³/mol. The van der Waals surface area contributed by atoms with Crippen LogP contribution in [0.1, 0.15) is 37.5 Å². The zero-order valence-electron chi connectivity index (χ0n) is 22.3. The molecule has 0 bridgehead atoms. The molecular weight excluding hydrogens is 522 g/mol. The first-order valence-electron chi connectivity index (χ1n) is 12.4. The minimum Gasteiger partial charge on any atom is -0.352 e. The zero-order valence-corrected chi connectivity index (χ0v) is 23.9. The molecule has 1 unspecified atom stereocenters. The number of nitrogens with one attached hydrogen (secondary N) is 1. The number of amides is 2. The van der Waals surface area contributed by atoms with E-state index in [4.69, 9.17) is 11.6 Å². The Bertz CT molecular complexity index is 1380. The SMILES string of the molecule is Cc1ccc(S(=O)(=O)N(CC(=O)N(Cc2ccccc2)C(C)C(=O)NC(C)C)c2cccc(Cl)c2C)cc1. The van der Waals surface area contributed by atoms with Gasteiger partial charge in [0.15, 0.2) is 0 Å². The third-order valence-corrected chi connectivity index (χ3v) is 8.37. The second-order valence-corrected chi connectivity index (χ2v) is 11.8. The predicted octanol–water partition coefficient (Wildman–Crippen LogP) is 5.09. The Morgan fingerprint density at radius 3 is 2.13 bits per heavy atom. The molecule has 9 heteroatoms. The number of hydrogen-bond donors (Lipinski definition) is 1. The third-order valence-electron chi connectivity index (χ3n) is 6.19. The van der Waals surface area contributed by atoms with Gasteiger partial charge in [-0.05, 0) is 70.0 Å². The van der Waals surface area contributed by atoms with Crippen molar-refractivity contribution in [3.05, 3.63) is 94.5 Å². The first-order valence-corrected chi connectivity index (χ1v) is 14.2. The van der Waals surface area contributed by atoms with Gasteiger partial charge in [0.2, 0.25) is 11.8 Å². The number of carbonyl (C=O) groups is 2. The standard InChI is InChI=1S/C29H34ClN3O4S/c1-20(2)31-29(35)23(5)32(18-24-10-7-6-8-11-24)28(34)19-33(27-13-9-12-26(30)22(27)4)38(36,37)25-16-14-21(3)15-17-25/h6-17,20,23H,18-19H2,1-5H3,(H,31,35). The highest BCUT2D eigenvalue weighted by Gasteiger charge is 2.33. The summed E-state index contributed by atoms with van der Waals surface area (Å²) in [5, 5.41) is 3.22. The lowest BCUT2D eigenvalue weighted by Gasteiger charge is -2.32. The van der Waals surface area contributed by atoms with Crippen molar-refractivity contribution in [1.29, 1.82) is 0 Å². The number of halogens is 1. The first-order chi connectivity index (χ1) is 17.9. The summed E-state index contributed by atoms with van der Waals surface area (Å²) in [6.07, 6.45) is 0. The molecule has 0 aromatic heterocycles. The number of anilines is 1. The smallest absolute Gasteiger partial charge is 0.264 e. The summed E-state index contributed by atoms with van der Waals surface area (Å²) >= 11 is 6.35. The van der Waals surface area contributed by atoms with E-state index in [0.717, 1.165) is 15.4 Å². The normalized spacial score (nSPS) is 12.2.